The summed E-state index contributed by atoms with van der Waals surface area (Å²) in [7, 11) is 0. The number of fused-ring (bicyclic) bond motifs is 5. The van der Waals surface area contributed by atoms with Crippen LogP contribution in [0.5, 0.6) is 0 Å². The molecule has 0 heterocycles. The van der Waals surface area contributed by atoms with Gasteiger partial charge in [0, 0.05) is 13.0 Å². The Morgan fingerprint density at radius 3 is 2.61 bits per heavy atom. The van der Waals surface area contributed by atoms with Gasteiger partial charge in [0.05, 0.1) is 6.42 Å². The van der Waals surface area contributed by atoms with E-state index in [9.17, 15) is 4.79 Å². The van der Waals surface area contributed by atoms with Crippen LogP contribution in [0.2, 0.25) is 0 Å². The third-order valence-electron chi connectivity index (χ3n) is 10.9. The van der Waals surface area contributed by atoms with Crippen LogP contribution in [0.3, 0.4) is 0 Å². The monoisotopic (exact) mass is 457 g/mol. The van der Waals surface area contributed by atoms with Gasteiger partial charge in [-0.15, -0.1) is 0 Å². The Morgan fingerprint density at radius 1 is 1.09 bits per heavy atom. The third-order valence-corrected chi connectivity index (χ3v) is 10.9. The van der Waals surface area contributed by atoms with Gasteiger partial charge in [0.15, 0.2) is 0 Å². The van der Waals surface area contributed by atoms with Crippen molar-refractivity contribution in [3.05, 3.63) is 11.6 Å². The van der Waals surface area contributed by atoms with E-state index in [1.54, 1.807) is 5.57 Å². The molecule has 0 radical (unpaired) electrons. The lowest BCUT2D eigenvalue weighted by molar-refractivity contribution is -0.151. The molecule has 0 bridgehead atoms. The molecule has 0 amide bonds. The molecule has 188 valence electrons. The Hall–Kier alpha value is -0.830. The van der Waals surface area contributed by atoms with Gasteiger partial charge < -0.3 is 10.5 Å². The van der Waals surface area contributed by atoms with Crippen LogP contribution >= 0.6 is 0 Å². The first-order valence-corrected chi connectivity index (χ1v) is 14.3. The van der Waals surface area contributed by atoms with E-state index in [0.29, 0.717) is 23.8 Å². The summed E-state index contributed by atoms with van der Waals surface area (Å²) in [4.78, 5) is 12.0. The van der Waals surface area contributed by atoms with Crippen molar-refractivity contribution in [2.45, 2.75) is 118 Å². The van der Waals surface area contributed by atoms with Gasteiger partial charge >= 0.3 is 5.97 Å². The summed E-state index contributed by atoms with van der Waals surface area (Å²) < 4.78 is 5.77. The topological polar surface area (TPSA) is 52.3 Å². The number of nitrogens with two attached hydrogens (primary N) is 1. The maximum absolute atomic E-state index is 12.0. The molecule has 3 nitrogen and oxygen atoms in total. The third kappa shape index (κ3) is 4.82. The quantitative estimate of drug-likeness (QED) is 0.307. The predicted octanol–water partition coefficient (Wildman–Crippen LogP) is 7.29. The van der Waals surface area contributed by atoms with Crippen molar-refractivity contribution in [2.24, 2.45) is 52.1 Å². The first-order valence-electron chi connectivity index (χ1n) is 14.3. The molecule has 4 rings (SSSR count). The summed E-state index contributed by atoms with van der Waals surface area (Å²) in [5.41, 5.74) is 8.01. The fraction of sp³-hybridized carbons (Fsp3) is 0.900. The number of hydrogen-bond donors (Lipinski definition) is 1. The van der Waals surface area contributed by atoms with Crippen LogP contribution in [0.25, 0.3) is 0 Å². The molecule has 1 unspecified atom stereocenters. The van der Waals surface area contributed by atoms with E-state index in [-0.39, 0.29) is 12.1 Å². The maximum atomic E-state index is 12.0. The average Bonchev–Trinajstić information content (AvgIpc) is 3.11. The normalized spacial score (nSPS) is 41.1. The van der Waals surface area contributed by atoms with Gasteiger partial charge in [-0.2, -0.15) is 0 Å². The summed E-state index contributed by atoms with van der Waals surface area (Å²) in [6, 6.07) is 0. The predicted molar refractivity (Wildman–Crippen MR) is 137 cm³/mol. The Bertz CT molecular complexity index is 729. The molecule has 0 aromatic rings. The van der Waals surface area contributed by atoms with Gasteiger partial charge in [-0.3, -0.25) is 4.79 Å². The molecule has 0 aromatic heterocycles. The molecule has 2 N–H and O–H groups in total. The van der Waals surface area contributed by atoms with Gasteiger partial charge in [-0.1, -0.05) is 65.5 Å². The molecule has 8 atom stereocenters. The van der Waals surface area contributed by atoms with Crippen molar-refractivity contribution in [3.63, 3.8) is 0 Å². The van der Waals surface area contributed by atoms with Gasteiger partial charge in [0.1, 0.15) is 6.10 Å². The molecule has 3 heteroatoms. The molecule has 0 aromatic carbocycles. The molecule has 4 aliphatic carbocycles. The minimum atomic E-state index is -0.117. The van der Waals surface area contributed by atoms with Crippen LogP contribution in [-0.2, 0) is 9.53 Å². The van der Waals surface area contributed by atoms with Crippen molar-refractivity contribution in [3.8, 4) is 0 Å². The SMILES string of the molecule is CC(C)CCC[C@@H](C)[C@H]1CC[C@H]2[C@@H]3CC=C4CC(OC(=O)CCN)CC[C@]4(C)[C@H]3CC[C@]12C. The van der Waals surface area contributed by atoms with Crippen molar-refractivity contribution in [2.75, 3.05) is 6.54 Å². The summed E-state index contributed by atoms with van der Waals surface area (Å²) >= 11 is 0. The van der Waals surface area contributed by atoms with Crippen molar-refractivity contribution < 1.29 is 9.53 Å². The van der Waals surface area contributed by atoms with Crippen LogP contribution in [-0.4, -0.2) is 18.6 Å². The minimum absolute atomic E-state index is 0.0660. The minimum Gasteiger partial charge on any atom is -0.462 e. The number of carbonyl (C=O) groups is 1. The zero-order chi connectivity index (χ0) is 23.8. The highest BCUT2D eigenvalue weighted by molar-refractivity contribution is 5.69. The second-order valence-electron chi connectivity index (χ2n) is 13.2. The van der Waals surface area contributed by atoms with E-state index in [4.69, 9.17) is 10.5 Å². The number of allylic oxidation sites excluding steroid dienone is 1. The molecule has 3 saturated carbocycles. The summed E-state index contributed by atoms with van der Waals surface area (Å²) in [6.45, 7) is 12.9. The van der Waals surface area contributed by atoms with Crippen LogP contribution in [0.1, 0.15) is 112 Å². The van der Waals surface area contributed by atoms with E-state index < -0.39 is 0 Å². The Morgan fingerprint density at radius 2 is 1.88 bits per heavy atom. The van der Waals surface area contributed by atoms with E-state index in [2.05, 4.69) is 40.7 Å². The van der Waals surface area contributed by atoms with Crippen molar-refractivity contribution in [1.29, 1.82) is 0 Å². The summed E-state index contributed by atoms with van der Waals surface area (Å²) in [5.74, 6) is 5.11. The van der Waals surface area contributed by atoms with Crippen LogP contribution in [0.4, 0.5) is 0 Å². The lowest BCUT2D eigenvalue weighted by Gasteiger charge is -2.58. The number of esters is 1. The Labute approximate surface area is 203 Å². The van der Waals surface area contributed by atoms with Crippen molar-refractivity contribution in [1.82, 2.24) is 0 Å². The highest BCUT2D eigenvalue weighted by Gasteiger charge is 2.59. The van der Waals surface area contributed by atoms with Crippen LogP contribution < -0.4 is 5.73 Å². The molecule has 3 fully saturated rings. The second-order valence-corrected chi connectivity index (χ2v) is 13.2. The fourth-order valence-electron chi connectivity index (χ4n) is 9.12. The number of rotatable bonds is 8. The second kappa shape index (κ2) is 10.0. The lowest BCUT2D eigenvalue weighted by Crippen LogP contribution is -2.51. The van der Waals surface area contributed by atoms with Crippen molar-refractivity contribution >= 4 is 5.97 Å². The van der Waals surface area contributed by atoms with Crippen LogP contribution in [0, 0.1) is 46.3 Å². The van der Waals surface area contributed by atoms with Gasteiger partial charge in [0.25, 0.3) is 0 Å². The fourth-order valence-corrected chi connectivity index (χ4v) is 9.12. The standard InChI is InChI=1S/C30H51NO2/c1-20(2)7-6-8-21(3)25-11-12-26-24-10-9-22-19-23(33-28(32)15-18-31)13-16-29(22,4)27(24)14-17-30(25,26)5/h9,20-21,23-27H,6-8,10-19,31H2,1-5H3/t21-,23?,24+,25-,26+,27+,29+,30-/m1/s1. The van der Waals surface area contributed by atoms with Gasteiger partial charge in [-0.25, -0.2) is 0 Å². The zero-order valence-corrected chi connectivity index (χ0v) is 22.2. The summed E-state index contributed by atoms with van der Waals surface area (Å²) in [5, 5.41) is 0. The highest BCUT2D eigenvalue weighted by atomic mass is 16.5. The number of hydrogen-bond acceptors (Lipinski definition) is 3. The van der Waals surface area contributed by atoms with Gasteiger partial charge in [-0.05, 0) is 91.3 Å². The zero-order valence-electron chi connectivity index (χ0n) is 22.2. The molecule has 33 heavy (non-hydrogen) atoms. The first kappa shape index (κ1) is 25.3. The molecule has 0 spiro atoms. The van der Waals surface area contributed by atoms with Crippen LogP contribution in [0.15, 0.2) is 11.6 Å². The highest BCUT2D eigenvalue weighted by Crippen LogP contribution is 2.67. The average molecular weight is 458 g/mol. The van der Waals surface area contributed by atoms with E-state index in [0.717, 1.165) is 48.3 Å². The largest absolute Gasteiger partial charge is 0.462 e. The molecule has 0 aliphatic heterocycles. The number of ether oxygens (including phenoxy) is 1. The molecular weight excluding hydrogens is 406 g/mol. The van der Waals surface area contributed by atoms with E-state index in [1.165, 1.54) is 57.8 Å². The summed E-state index contributed by atoms with van der Waals surface area (Å²) in [6.07, 6.45) is 17.4. The Kier molecular flexibility index (Phi) is 7.68. The Balaban J connectivity index is 1.43. The first-order chi connectivity index (χ1) is 15.7. The maximum Gasteiger partial charge on any atom is 0.307 e. The van der Waals surface area contributed by atoms with Gasteiger partial charge in [0.2, 0.25) is 0 Å². The van der Waals surface area contributed by atoms with E-state index in [1.807, 2.05) is 0 Å². The number of carbonyl (C=O) groups excluding carboxylic acids is 1. The smallest absolute Gasteiger partial charge is 0.307 e. The van der Waals surface area contributed by atoms with E-state index >= 15 is 0 Å². The lowest BCUT2D eigenvalue weighted by atomic mass is 9.47. The molecular formula is C30H51NO2. The molecule has 4 aliphatic rings. The molecule has 0 saturated heterocycles.